The van der Waals surface area contributed by atoms with Gasteiger partial charge in [-0.15, -0.1) is 0 Å². The van der Waals surface area contributed by atoms with E-state index in [1.807, 2.05) is 24.3 Å². The van der Waals surface area contributed by atoms with Crippen LogP contribution in [-0.2, 0) is 6.42 Å². The highest BCUT2D eigenvalue weighted by Crippen LogP contribution is 2.38. The molecule has 1 aromatic heterocycles. The van der Waals surface area contributed by atoms with Crippen molar-refractivity contribution in [2.75, 3.05) is 17.0 Å². The van der Waals surface area contributed by atoms with Gasteiger partial charge in [0.15, 0.2) is 11.5 Å². The highest BCUT2D eigenvalue weighted by atomic mass is 16.7. The fourth-order valence-electron chi connectivity index (χ4n) is 3.56. The lowest BCUT2D eigenvalue weighted by atomic mass is 10.1. The number of benzene rings is 2. The first-order valence-electron chi connectivity index (χ1n) is 8.65. The van der Waals surface area contributed by atoms with Gasteiger partial charge in [0.25, 0.3) is 0 Å². The molecule has 2 aliphatic rings. The topological polar surface area (TPSA) is 59.5 Å². The van der Waals surface area contributed by atoms with Crippen LogP contribution in [0.25, 0.3) is 0 Å². The number of ether oxygens (including phenoxy) is 2. The highest BCUT2D eigenvalue weighted by Gasteiger charge is 2.27. The molecule has 6 nitrogen and oxygen atoms in total. The Morgan fingerprint density at radius 1 is 1.08 bits per heavy atom. The van der Waals surface area contributed by atoms with Crippen LogP contribution in [-0.4, -0.2) is 22.8 Å². The van der Waals surface area contributed by atoms with E-state index < -0.39 is 0 Å². The van der Waals surface area contributed by atoms with Gasteiger partial charge in [-0.2, -0.15) is 4.98 Å². The maximum Gasteiger partial charge on any atom is 0.231 e. The molecule has 0 spiro atoms. The Morgan fingerprint density at radius 3 is 2.92 bits per heavy atom. The zero-order valence-electron chi connectivity index (χ0n) is 14.3. The second-order valence-corrected chi connectivity index (χ2v) is 6.48. The third-order valence-corrected chi connectivity index (χ3v) is 4.72. The quantitative estimate of drug-likeness (QED) is 0.773. The number of hydrogen-bond acceptors (Lipinski definition) is 6. The van der Waals surface area contributed by atoms with Crippen molar-refractivity contribution >= 4 is 23.1 Å². The van der Waals surface area contributed by atoms with E-state index in [1.54, 1.807) is 6.20 Å². The van der Waals surface area contributed by atoms with Crippen molar-refractivity contribution in [1.82, 2.24) is 9.97 Å². The third kappa shape index (κ3) is 2.50. The summed E-state index contributed by atoms with van der Waals surface area (Å²) in [6.07, 6.45) is 2.80. The standard InChI is InChI=1S/C20H18N4O2/c1-13-10-14-4-2-3-5-16(14)24(13)19-8-9-21-20(23-19)22-15-6-7-17-18(11-15)26-12-25-17/h2-9,11,13H,10,12H2,1H3,(H,21,22,23). The normalized spacial score (nSPS) is 17.3. The number of rotatable bonds is 3. The Hall–Kier alpha value is -3.28. The molecule has 5 rings (SSSR count). The van der Waals surface area contributed by atoms with Crippen molar-refractivity contribution in [3.05, 3.63) is 60.3 Å². The Kier molecular flexibility index (Phi) is 3.41. The van der Waals surface area contributed by atoms with Gasteiger partial charge in [0, 0.05) is 29.7 Å². The van der Waals surface area contributed by atoms with Gasteiger partial charge in [0.1, 0.15) is 5.82 Å². The summed E-state index contributed by atoms with van der Waals surface area (Å²) in [4.78, 5) is 11.3. The monoisotopic (exact) mass is 346 g/mol. The molecule has 3 heterocycles. The molecule has 1 unspecified atom stereocenters. The average molecular weight is 346 g/mol. The lowest BCUT2D eigenvalue weighted by Gasteiger charge is -2.24. The second-order valence-electron chi connectivity index (χ2n) is 6.48. The van der Waals surface area contributed by atoms with Crippen LogP contribution in [0.3, 0.4) is 0 Å². The van der Waals surface area contributed by atoms with Crippen LogP contribution in [0.15, 0.2) is 54.7 Å². The molecular weight excluding hydrogens is 328 g/mol. The summed E-state index contributed by atoms with van der Waals surface area (Å²) in [5.74, 6) is 2.93. The summed E-state index contributed by atoms with van der Waals surface area (Å²) >= 11 is 0. The minimum Gasteiger partial charge on any atom is -0.454 e. The van der Waals surface area contributed by atoms with Crippen LogP contribution in [0.5, 0.6) is 11.5 Å². The van der Waals surface area contributed by atoms with Crippen molar-refractivity contribution < 1.29 is 9.47 Å². The molecule has 1 atom stereocenters. The predicted molar refractivity (Wildman–Crippen MR) is 99.6 cm³/mol. The third-order valence-electron chi connectivity index (χ3n) is 4.72. The summed E-state index contributed by atoms with van der Waals surface area (Å²) in [6.45, 7) is 2.48. The van der Waals surface area contributed by atoms with E-state index in [1.165, 1.54) is 11.3 Å². The number of fused-ring (bicyclic) bond motifs is 2. The van der Waals surface area contributed by atoms with Gasteiger partial charge in [0.05, 0.1) is 0 Å². The van der Waals surface area contributed by atoms with Crippen molar-refractivity contribution in [2.45, 2.75) is 19.4 Å². The molecule has 0 saturated carbocycles. The van der Waals surface area contributed by atoms with Gasteiger partial charge in [-0.1, -0.05) is 18.2 Å². The zero-order chi connectivity index (χ0) is 17.5. The molecule has 0 bridgehead atoms. The minimum absolute atomic E-state index is 0.261. The van der Waals surface area contributed by atoms with Crippen molar-refractivity contribution in [1.29, 1.82) is 0 Å². The fourth-order valence-corrected chi connectivity index (χ4v) is 3.56. The molecule has 0 saturated heterocycles. The van der Waals surface area contributed by atoms with Gasteiger partial charge in [-0.05, 0) is 43.2 Å². The van der Waals surface area contributed by atoms with E-state index in [4.69, 9.17) is 14.5 Å². The Morgan fingerprint density at radius 2 is 1.96 bits per heavy atom. The van der Waals surface area contributed by atoms with Crippen LogP contribution < -0.4 is 19.7 Å². The molecule has 0 radical (unpaired) electrons. The van der Waals surface area contributed by atoms with Crippen LogP contribution in [0.4, 0.5) is 23.1 Å². The number of hydrogen-bond donors (Lipinski definition) is 1. The smallest absolute Gasteiger partial charge is 0.231 e. The largest absolute Gasteiger partial charge is 0.454 e. The molecule has 2 aliphatic heterocycles. The maximum absolute atomic E-state index is 5.42. The van der Waals surface area contributed by atoms with E-state index in [9.17, 15) is 0 Å². The van der Waals surface area contributed by atoms with Crippen LogP contribution in [0, 0.1) is 0 Å². The van der Waals surface area contributed by atoms with E-state index in [0.29, 0.717) is 12.0 Å². The summed E-state index contributed by atoms with van der Waals surface area (Å²) in [6, 6.07) is 16.5. The first-order valence-corrected chi connectivity index (χ1v) is 8.65. The molecule has 3 aromatic rings. The first-order chi connectivity index (χ1) is 12.8. The highest BCUT2D eigenvalue weighted by molar-refractivity contribution is 5.70. The lowest BCUT2D eigenvalue weighted by molar-refractivity contribution is 0.174. The summed E-state index contributed by atoms with van der Waals surface area (Å²) in [5.41, 5.74) is 3.43. The fraction of sp³-hybridized carbons (Fsp3) is 0.200. The number of aromatic nitrogens is 2. The summed E-state index contributed by atoms with van der Waals surface area (Å²) in [7, 11) is 0. The molecule has 0 aliphatic carbocycles. The van der Waals surface area contributed by atoms with Gasteiger partial charge in [-0.25, -0.2) is 4.98 Å². The van der Waals surface area contributed by atoms with Gasteiger partial charge < -0.3 is 19.7 Å². The van der Waals surface area contributed by atoms with Crippen LogP contribution in [0.2, 0.25) is 0 Å². The lowest BCUT2D eigenvalue weighted by Crippen LogP contribution is -2.25. The second kappa shape index (κ2) is 5.91. The van der Waals surface area contributed by atoms with E-state index >= 15 is 0 Å². The predicted octanol–water partition coefficient (Wildman–Crippen LogP) is 4.03. The van der Waals surface area contributed by atoms with Gasteiger partial charge in [-0.3, -0.25) is 0 Å². The van der Waals surface area contributed by atoms with Crippen molar-refractivity contribution in [3.63, 3.8) is 0 Å². The molecule has 130 valence electrons. The molecule has 0 amide bonds. The first kappa shape index (κ1) is 15.0. The number of nitrogens with zero attached hydrogens (tertiary/aromatic N) is 3. The molecule has 2 aromatic carbocycles. The molecule has 6 heteroatoms. The minimum atomic E-state index is 0.261. The maximum atomic E-state index is 5.42. The molecular formula is C20H18N4O2. The average Bonchev–Trinajstić information content (AvgIpc) is 3.24. The number of anilines is 4. The summed E-state index contributed by atoms with van der Waals surface area (Å²) < 4.78 is 10.8. The Bertz CT molecular complexity index is 976. The number of nitrogens with one attached hydrogen (secondary N) is 1. The zero-order valence-corrected chi connectivity index (χ0v) is 14.3. The molecule has 0 fully saturated rings. The van der Waals surface area contributed by atoms with E-state index in [2.05, 4.69) is 46.4 Å². The number of para-hydroxylation sites is 1. The SMILES string of the molecule is CC1Cc2ccccc2N1c1ccnc(Nc2ccc3c(c2)OCO3)n1. The molecule has 1 N–H and O–H groups in total. The summed E-state index contributed by atoms with van der Waals surface area (Å²) in [5, 5.41) is 3.25. The molecule has 26 heavy (non-hydrogen) atoms. The Balaban J connectivity index is 1.44. The van der Waals surface area contributed by atoms with Crippen LogP contribution in [0.1, 0.15) is 12.5 Å². The van der Waals surface area contributed by atoms with E-state index in [0.717, 1.165) is 29.4 Å². The van der Waals surface area contributed by atoms with Gasteiger partial charge >= 0.3 is 0 Å². The van der Waals surface area contributed by atoms with E-state index in [-0.39, 0.29) is 6.79 Å². The van der Waals surface area contributed by atoms with Gasteiger partial charge in [0.2, 0.25) is 12.7 Å². The van der Waals surface area contributed by atoms with Crippen molar-refractivity contribution in [3.8, 4) is 11.5 Å². The Labute approximate surface area is 151 Å². The van der Waals surface area contributed by atoms with Crippen LogP contribution >= 0.6 is 0 Å². The van der Waals surface area contributed by atoms with Crippen molar-refractivity contribution in [2.24, 2.45) is 0 Å².